The van der Waals surface area contributed by atoms with Gasteiger partial charge in [0.2, 0.25) is 5.91 Å². The molecule has 0 spiro atoms. The number of carboxylic acids is 1. The van der Waals surface area contributed by atoms with Crippen LogP contribution >= 0.6 is 0 Å². The Kier molecular flexibility index (Phi) is 8.30. The molecule has 0 aliphatic carbocycles. The lowest BCUT2D eigenvalue weighted by atomic mass is 9.99. The Bertz CT molecular complexity index is 1240. The summed E-state index contributed by atoms with van der Waals surface area (Å²) in [6.45, 7) is 0.450. The molecule has 2 atom stereocenters. The molecule has 3 aromatic rings. The molecule has 0 aromatic heterocycles. The number of carbonyl (C=O) groups excluding carboxylic acids is 3. The molecule has 0 bridgehead atoms. The number of rotatable bonds is 9. The van der Waals surface area contributed by atoms with Crippen LogP contribution in [0.2, 0.25) is 0 Å². The van der Waals surface area contributed by atoms with Gasteiger partial charge < -0.3 is 15.2 Å². The summed E-state index contributed by atoms with van der Waals surface area (Å²) < 4.78 is 5.37. The van der Waals surface area contributed by atoms with Crippen LogP contribution < -0.4 is 5.32 Å². The highest BCUT2D eigenvalue weighted by atomic mass is 16.6. The fourth-order valence-electron chi connectivity index (χ4n) is 4.31. The number of ketones is 1. The van der Waals surface area contributed by atoms with Crippen LogP contribution in [0.3, 0.4) is 0 Å². The summed E-state index contributed by atoms with van der Waals surface area (Å²) in [6, 6.07) is 22.8. The zero-order chi connectivity index (χ0) is 26.2. The average Bonchev–Trinajstić information content (AvgIpc) is 3.43. The standard InChI is InChI=1S/C29H28N2O6/c32-26(22-10-5-2-6-11-22)23-15-13-20(14-16-23)18-24(28(34)35)30-27(33)25-12-7-17-31(25)29(36)37-19-21-8-3-1-4-9-21/h1-6,8-11,13-16,24-25H,7,12,17-19H2,(H,30,33)(H,34,35)/t24-,25+/m0/s1. The van der Waals surface area contributed by atoms with E-state index in [9.17, 15) is 24.3 Å². The van der Waals surface area contributed by atoms with Gasteiger partial charge in [-0.15, -0.1) is 0 Å². The highest BCUT2D eigenvalue weighted by molar-refractivity contribution is 6.08. The maximum atomic E-state index is 13.0. The topological polar surface area (TPSA) is 113 Å². The van der Waals surface area contributed by atoms with E-state index in [0.29, 0.717) is 36.1 Å². The minimum Gasteiger partial charge on any atom is -0.480 e. The fourth-order valence-corrected chi connectivity index (χ4v) is 4.31. The Morgan fingerprint density at radius 1 is 0.865 bits per heavy atom. The van der Waals surface area contributed by atoms with Crippen molar-refractivity contribution in [3.8, 4) is 0 Å². The van der Waals surface area contributed by atoms with Crippen molar-refractivity contribution >= 4 is 23.8 Å². The second kappa shape index (κ2) is 12.0. The van der Waals surface area contributed by atoms with E-state index in [1.165, 1.54) is 4.90 Å². The smallest absolute Gasteiger partial charge is 0.410 e. The predicted octanol–water partition coefficient (Wildman–Crippen LogP) is 3.83. The number of likely N-dealkylation sites (tertiary alicyclic amines) is 1. The molecule has 8 heteroatoms. The van der Waals surface area contributed by atoms with E-state index in [-0.39, 0.29) is 18.8 Å². The van der Waals surface area contributed by atoms with E-state index in [2.05, 4.69) is 5.32 Å². The molecule has 190 valence electrons. The summed E-state index contributed by atoms with van der Waals surface area (Å²) in [5.74, 6) is -1.85. The summed E-state index contributed by atoms with van der Waals surface area (Å²) >= 11 is 0. The Balaban J connectivity index is 1.36. The monoisotopic (exact) mass is 500 g/mol. The fraction of sp³-hybridized carbons (Fsp3) is 0.241. The molecule has 4 rings (SSSR count). The van der Waals surface area contributed by atoms with Gasteiger partial charge in [-0.3, -0.25) is 14.5 Å². The van der Waals surface area contributed by atoms with Gasteiger partial charge in [-0.25, -0.2) is 9.59 Å². The second-order valence-corrected chi connectivity index (χ2v) is 8.89. The van der Waals surface area contributed by atoms with Gasteiger partial charge in [0.25, 0.3) is 0 Å². The molecule has 3 aromatic carbocycles. The van der Waals surface area contributed by atoms with E-state index in [1.54, 1.807) is 48.5 Å². The van der Waals surface area contributed by atoms with Crippen LogP contribution in [-0.2, 0) is 27.4 Å². The molecule has 1 fully saturated rings. The second-order valence-electron chi connectivity index (χ2n) is 8.89. The average molecular weight is 501 g/mol. The lowest BCUT2D eigenvalue weighted by molar-refractivity contribution is -0.142. The molecule has 1 heterocycles. The Morgan fingerprint density at radius 3 is 2.14 bits per heavy atom. The van der Waals surface area contributed by atoms with Crippen LogP contribution in [0, 0.1) is 0 Å². The van der Waals surface area contributed by atoms with Gasteiger partial charge in [0.1, 0.15) is 18.7 Å². The zero-order valence-electron chi connectivity index (χ0n) is 20.2. The molecule has 0 radical (unpaired) electrons. The highest BCUT2D eigenvalue weighted by Crippen LogP contribution is 2.20. The molecule has 1 aliphatic heterocycles. The maximum absolute atomic E-state index is 13.0. The van der Waals surface area contributed by atoms with E-state index < -0.39 is 30.1 Å². The van der Waals surface area contributed by atoms with Gasteiger partial charge in [-0.2, -0.15) is 0 Å². The normalized spacial score (nSPS) is 15.6. The van der Waals surface area contributed by atoms with Crippen molar-refractivity contribution in [2.24, 2.45) is 0 Å². The van der Waals surface area contributed by atoms with Crippen LogP contribution in [0.15, 0.2) is 84.9 Å². The van der Waals surface area contributed by atoms with Gasteiger partial charge in [0.15, 0.2) is 5.78 Å². The molecule has 2 amide bonds. The van der Waals surface area contributed by atoms with Crippen molar-refractivity contribution in [2.75, 3.05) is 6.54 Å². The van der Waals surface area contributed by atoms with Crippen molar-refractivity contribution in [3.05, 3.63) is 107 Å². The third-order valence-electron chi connectivity index (χ3n) is 6.30. The van der Waals surface area contributed by atoms with Crippen molar-refractivity contribution in [1.29, 1.82) is 0 Å². The first-order chi connectivity index (χ1) is 17.9. The third-order valence-corrected chi connectivity index (χ3v) is 6.30. The van der Waals surface area contributed by atoms with Crippen LogP contribution in [-0.4, -0.2) is 52.4 Å². The van der Waals surface area contributed by atoms with Crippen molar-refractivity contribution < 1.29 is 29.0 Å². The number of hydrogen-bond acceptors (Lipinski definition) is 5. The molecule has 8 nitrogen and oxygen atoms in total. The number of aliphatic carboxylic acids is 1. The molecule has 0 saturated carbocycles. The summed E-state index contributed by atoms with van der Waals surface area (Å²) in [4.78, 5) is 51.4. The Morgan fingerprint density at radius 2 is 1.49 bits per heavy atom. The SMILES string of the molecule is O=C(c1ccccc1)c1ccc(C[C@H](NC(=O)[C@H]2CCCN2C(=O)OCc2ccccc2)C(=O)O)cc1. The predicted molar refractivity (Wildman–Crippen MR) is 136 cm³/mol. The molecular formula is C29H28N2O6. The lowest BCUT2D eigenvalue weighted by Crippen LogP contribution is -2.51. The summed E-state index contributed by atoms with van der Waals surface area (Å²) in [5, 5.41) is 12.3. The summed E-state index contributed by atoms with van der Waals surface area (Å²) in [6.07, 6.45) is 0.473. The van der Waals surface area contributed by atoms with Gasteiger partial charge >= 0.3 is 12.1 Å². The summed E-state index contributed by atoms with van der Waals surface area (Å²) in [5.41, 5.74) is 2.54. The van der Waals surface area contributed by atoms with Crippen molar-refractivity contribution in [3.63, 3.8) is 0 Å². The summed E-state index contributed by atoms with van der Waals surface area (Å²) in [7, 11) is 0. The first-order valence-corrected chi connectivity index (χ1v) is 12.1. The van der Waals surface area contributed by atoms with Crippen molar-refractivity contribution in [1.82, 2.24) is 10.2 Å². The van der Waals surface area contributed by atoms with Crippen LogP contribution in [0.25, 0.3) is 0 Å². The van der Waals surface area contributed by atoms with E-state index in [1.807, 2.05) is 36.4 Å². The molecule has 1 saturated heterocycles. The van der Waals surface area contributed by atoms with E-state index in [0.717, 1.165) is 5.56 Å². The molecule has 2 N–H and O–H groups in total. The van der Waals surface area contributed by atoms with Crippen LogP contribution in [0.1, 0.15) is 39.9 Å². The number of nitrogens with one attached hydrogen (secondary N) is 1. The molecule has 1 aliphatic rings. The van der Waals surface area contributed by atoms with Crippen molar-refractivity contribution in [2.45, 2.75) is 38.0 Å². The molecule has 0 unspecified atom stereocenters. The molecule has 37 heavy (non-hydrogen) atoms. The number of carbonyl (C=O) groups is 4. The number of amides is 2. The number of benzene rings is 3. The number of ether oxygens (including phenoxy) is 1. The largest absolute Gasteiger partial charge is 0.480 e. The van der Waals surface area contributed by atoms with Gasteiger partial charge in [0, 0.05) is 24.1 Å². The van der Waals surface area contributed by atoms with Crippen LogP contribution in [0.4, 0.5) is 4.79 Å². The van der Waals surface area contributed by atoms with E-state index in [4.69, 9.17) is 4.74 Å². The van der Waals surface area contributed by atoms with Gasteiger partial charge in [-0.05, 0) is 24.0 Å². The highest BCUT2D eigenvalue weighted by Gasteiger charge is 2.36. The van der Waals surface area contributed by atoms with Crippen LogP contribution in [0.5, 0.6) is 0 Å². The van der Waals surface area contributed by atoms with E-state index >= 15 is 0 Å². The van der Waals surface area contributed by atoms with Gasteiger partial charge in [-0.1, -0.05) is 84.9 Å². The maximum Gasteiger partial charge on any atom is 0.410 e. The number of nitrogens with zero attached hydrogens (tertiary/aromatic N) is 1. The Labute approximate surface area is 214 Å². The minimum absolute atomic E-state index is 0.0338. The quantitative estimate of drug-likeness (QED) is 0.432. The van der Waals surface area contributed by atoms with Gasteiger partial charge in [0.05, 0.1) is 0 Å². The number of hydrogen-bond donors (Lipinski definition) is 2. The first kappa shape index (κ1) is 25.6. The molecular weight excluding hydrogens is 472 g/mol. The first-order valence-electron chi connectivity index (χ1n) is 12.1. The Hall–Kier alpha value is -4.46. The number of carboxylic acid groups (broad SMARTS) is 1. The lowest BCUT2D eigenvalue weighted by Gasteiger charge is -2.25. The third kappa shape index (κ3) is 6.61. The minimum atomic E-state index is -1.19. The zero-order valence-corrected chi connectivity index (χ0v) is 20.2.